The van der Waals surface area contributed by atoms with Crippen molar-refractivity contribution in [3.8, 4) is 0 Å². The number of hydrogen-bond acceptors (Lipinski definition) is 2. The van der Waals surface area contributed by atoms with E-state index in [4.69, 9.17) is 0 Å². The van der Waals surface area contributed by atoms with Crippen molar-refractivity contribution in [3.63, 3.8) is 0 Å². The molecule has 0 aliphatic heterocycles. The number of aliphatic hydroxyl groups excluding tert-OH is 1. The zero-order chi connectivity index (χ0) is 13.1. The van der Waals surface area contributed by atoms with Crippen LogP contribution >= 0.6 is 15.9 Å². The molecule has 1 amide bonds. The van der Waals surface area contributed by atoms with Gasteiger partial charge in [0.25, 0.3) is 5.91 Å². The second kappa shape index (κ2) is 5.85. The molecule has 4 heteroatoms. The maximum Gasteiger partial charge on any atom is 0.251 e. The number of nitrogens with one attached hydrogen (secondary N) is 1. The summed E-state index contributed by atoms with van der Waals surface area (Å²) in [5.74, 6) is -0.0917. The Balaban J connectivity index is 2.07. The molecule has 0 bridgehead atoms. The van der Waals surface area contributed by atoms with Gasteiger partial charge in [0.2, 0.25) is 0 Å². The fraction of sp³-hybridized carbons (Fsp3) is 0.500. The molecule has 1 fully saturated rings. The van der Waals surface area contributed by atoms with E-state index in [9.17, 15) is 9.90 Å². The Kier molecular flexibility index (Phi) is 4.40. The minimum atomic E-state index is -0.404. The van der Waals surface area contributed by atoms with Crippen molar-refractivity contribution < 1.29 is 9.90 Å². The van der Waals surface area contributed by atoms with Crippen molar-refractivity contribution in [2.45, 2.75) is 44.8 Å². The van der Waals surface area contributed by atoms with Gasteiger partial charge in [-0.1, -0.05) is 28.8 Å². The van der Waals surface area contributed by atoms with Gasteiger partial charge in [-0.3, -0.25) is 4.79 Å². The molecule has 2 atom stereocenters. The minimum Gasteiger partial charge on any atom is -0.391 e. The average Bonchev–Trinajstić information content (AvgIpc) is 2.32. The molecule has 98 valence electrons. The fourth-order valence-corrected chi connectivity index (χ4v) is 2.88. The van der Waals surface area contributed by atoms with E-state index in [1.807, 2.05) is 25.1 Å². The van der Waals surface area contributed by atoms with E-state index in [-0.39, 0.29) is 11.9 Å². The number of rotatable bonds is 2. The van der Waals surface area contributed by atoms with Crippen LogP contribution in [-0.2, 0) is 0 Å². The first-order valence-electron chi connectivity index (χ1n) is 6.33. The summed E-state index contributed by atoms with van der Waals surface area (Å²) in [7, 11) is 0. The molecule has 2 N–H and O–H groups in total. The molecular weight excluding hydrogens is 294 g/mol. The SMILES string of the molecule is Cc1cc(Br)ccc1C(=O)NC1CCCCC1O. The Hall–Kier alpha value is -0.870. The highest BCUT2D eigenvalue weighted by Gasteiger charge is 2.25. The van der Waals surface area contributed by atoms with Crippen LogP contribution in [0.5, 0.6) is 0 Å². The Morgan fingerprint density at radius 1 is 1.39 bits per heavy atom. The molecule has 2 rings (SSSR count). The lowest BCUT2D eigenvalue weighted by molar-refractivity contribution is 0.0717. The van der Waals surface area contributed by atoms with Crippen molar-refractivity contribution in [1.29, 1.82) is 0 Å². The topological polar surface area (TPSA) is 49.3 Å². The van der Waals surface area contributed by atoms with Gasteiger partial charge in [-0.25, -0.2) is 0 Å². The van der Waals surface area contributed by atoms with Crippen molar-refractivity contribution in [2.75, 3.05) is 0 Å². The highest BCUT2D eigenvalue weighted by Crippen LogP contribution is 2.20. The van der Waals surface area contributed by atoms with Gasteiger partial charge in [0, 0.05) is 10.0 Å². The molecule has 1 saturated carbocycles. The van der Waals surface area contributed by atoms with E-state index in [0.29, 0.717) is 5.56 Å². The molecule has 2 unspecified atom stereocenters. The fourth-order valence-electron chi connectivity index (χ4n) is 2.41. The monoisotopic (exact) mass is 311 g/mol. The molecule has 3 nitrogen and oxygen atoms in total. The largest absolute Gasteiger partial charge is 0.391 e. The van der Waals surface area contributed by atoms with Crippen molar-refractivity contribution >= 4 is 21.8 Å². The van der Waals surface area contributed by atoms with Gasteiger partial charge in [-0.05, 0) is 43.5 Å². The van der Waals surface area contributed by atoms with Gasteiger partial charge in [0.15, 0.2) is 0 Å². The number of aryl methyl sites for hydroxylation is 1. The maximum absolute atomic E-state index is 12.2. The zero-order valence-corrected chi connectivity index (χ0v) is 12.0. The maximum atomic E-state index is 12.2. The van der Waals surface area contributed by atoms with E-state index in [1.54, 1.807) is 0 Å². The average molecular weight is 312 g/mol. The molecule has 0 saturated heterocycles. The second-order valence-electron chi connectivity index (χ2n) is 4.89. The van der Waals surface area contributed by atoms with E-state index < -0.39 is 6.10 Å². The van der Waals surface area contributed by atoms with E-state index in [2.05, 4.69) is 21.2 Å². The van der Waals surface area contributed by atoms with Crippen molar-refractivity contribution in [3.05, 3.63) is 33.8 Å². The first-order valence-corrected chi connectivity index (χ1v) is 7.12. The summed E-state index contributed by atoms with van der Waals surface area (Å²) >= 11 is 3.38. The first kappa shape index (κ1) is 13.6. The van der Waals surface area contributed by atoms with Crippen LogP contribution in [-0.4, -0.2) is 23.2 Å². The molecule has 0 radical (unpaired) electrons. The van der Waals surface area contributed by atoms with E-state index in [0.717, 1.165) is 35.7 Å². The van der Waals surface area contributed by atoms with Crippen LogP contribution in [0, 0.1) is 6.92 Å². The summed E-state index contributed by atoms with van der Waals surface area (Å²) in [5, 5.41) is 12.8. The quantitative estimate of drug-likeness (QED) is 0.882. The van der Waals surface area contributed by atoms with Gasteiger partial charge in [0.05, 0.1) is 12.1 Å². The molecular formula is C14H18BrNO2. The molecule has 1 aromatic carbocycles. The highest BCUT2D eigenvalue weighted by molar-refractivity contribution is 9.10. The van der Waals surface area contributed by atoms with Crippen LogP contribution in [0.25, 0.3) is 0 Å². The zero-order valence-electron chi connectivity index (χ0n) is 10.4. The normalized spacial score (nSPS) is 23.7. The van der Waals surface area contributed by atoms with Crippen LogP contribution in [0.2, 0.25) is 0 Å². The Labute approximate surface area is 116 Å². The number of carbonyl (C=O) groups is 1. The number of carbonyl (C=O) groups excluding carboxylic acids is 1. The van der Waals surface area contributed by atoms with E-state index in [1.165, 1.54) is 0 Å². The lowest BCUT2D eigenvalue weighted by atomic mass is 9.92. The van der Waals surface area contributed by atoms with Crippen LogP contribution < -0.4 is 5.32 Å². The minimum absolute atomic E-state index is 0.0917. The van der Waals surface area contributed by atoms with Gasteiger partial charge in [0.1, 0.15) is 0 Å². The van der Waals surface area contributed by atoms with Crippen molar-refractivity contribution in [2.24, 2.45) is 0 Å². The second-order valence-corrected chi connectivity index (χ2v) is 5.81. The lowest BCUT2D eigenvalue weighted by Gasteiger charge is -2.28. The summed E-state index contributed by atoms with van der Waals surface area (Å²) in [4.78, 5) is 12.2. The number of amides is 1. The standard InChI is InChI=1S/C14H18BrNO2/c1-9-8-10(15)6-7-11(9)14(18)16-12-4-2-3-5-13(12)17/h6-8,12-13,17H,2-5H2,1H3,(H,16,18). The Morgan fingerprint density at radius 2 is 2.11 bits per heavy atom. The summed E-state index contributed by atoms with van der Waals surface area (Å²) < 4.78 is 0.967. The Morgan fingerprint density at radius 3 is 2.78 bits per heavy atom. The van der Waals surface area contributed by atoms with Crippen LogP contribution in [0.3, 0.4) is 0 Å². The lowest BCUT2D eigenvalue weighted by Crippen LogP contribution is -2.45. The molecule has 0 spiro atoms. The van der Waals surface area contributed by atoms with Gasteiger partial charge in [-0.2, -0.15) is 0 Å². The third-order valence-corrected chi connectivity index (χ3v) is 3.97. The third-order valence-electron chi connectivity index (χ3n) is 3.48. The summed E-state index contributed by atoms with van der Waals surface area (Å²) in [5.41, 5.74) is 1.61. The van der Waals surface area contributed by atoms with Crippen molar-refractivity contribution in [1.82, 2.24) is 5.32 Å². The molecule has 0 aromatic heterocycles. The van der Waals surface area contributed by atoms with Crippen LogP contribution in [0.15, 0.2) is 22.7 Å². The molecule has 0 heterocycles. The van der Waals surface area contributed by atoms with E-state index >= 15 is 0 Å². The summed E-state index contributed by atoms with van der Waals surface area (Å²) in [6.07, 6.45) is 3.36. The first-order chi connectivity index (χ1) is 8.58. The molecule has 1 aromatic rings. The number of benzene rings is 1. The summed E-state index contributed by atoms with van der Waals surface area (Å²) in [6, 6.07) is 5.49. The number of aliphatic hydroxyl groups is 1. The van der Waals surface area contributed by atoms with Crippen LogP contribution in [0.1, 0.15) is 41.6 Å². The molecule has 1 aliphatic carbocycles. The third kappa shape index (κ3) is 3.12. The van der Waals surface area contributed by atoms with Gasteiger partial charge >= 0.3 is 0 Å². The number of hydrogen-bond donors (Lipinski definition) is 2. The smallest absolute Gasteiger partial charge is 0.251 e. The van der Waals surface area contributed by atoms with Gasteiger partial charge < -0.3 is 10.4 Å². The van der Waals surface area contributed by atoms with Gasteiger partial charge in [-0.15, -0.1) is 0 Å². The summed E-state index contributed by atoms with van der Waals surface area (Å²) in [6.45, 7) is 1.91. The number of halogens is 1. The predicted molar refractivity (Wildman–Crippen MR) is 74.6 cm³/mol. The Bertz CT molecular complexity index is 447. The predicted octanol–water partition coefficient (Wildman–Crippen LogP) is 2.79. The molecule has 1 aliphatic rings. The van der Waals surface area contributed by atoms with Crippen LogP contribution in [0.4, 0.5) is 0 Å². The molecule has 18 heavy (non-hydrogen) atoms. The highest BCUT2D eigenvalue weighted by atomic mass is 79.9.